The van der Waals surface area contributed by atoms with Crippen LogP contribution in [0.15, 0.2) is 51.7 Å². The lowest BCUT2D eigenvalue weighted by atomic mass is 10.0. The molecule has 2 aromatic carbocycles. The minimum atomic E-state index is -0.610. The number of carbonyl (C=O) groups excluding carboxylic acids is 1. The Kier molecular flexibility index (Phi) is 5.59. The fourth-order valence-corrected chi connectivity index (χ4v) is 2.75. The van der Waals surface area contributed by atoms with Gasteiger partial charge in [-0.15, -0.1) is 0 Å². The van der Waals surface area contributed by atoms with Crippen LogP contribution < -0.4 is 10.4 Å². The summed E-state index contributed by atoms with van der Waals surface area (Å²) in [6, 6.07) is 9.34. The minimum absolute atomic E-state index is 0.0786. The quantitative estimate of drug-likeness (QED) is 0.374. The normalized spacial score (nSPS) is 11.1. The average Bonchev–Trinajstić information content (AvgIpc) is 2.66. The topological polar surface area (TPSA) is 65.7 Å². The molecule has 5 nitrogen and oxygen atoms in total. The molecule has 0 N–H and O–H groups in total. The summed E-state index contributed by atoms with van der Waals surface area (Å²) in [6.45, 7) is 3.80. The summed E-state index contributed by atoms with van der Waals surface area (Å²) in [4.78, 5) is 23.8. The molecule has 28 heavy (non-hydrogen) atoms. The summed E-state index contributed by atoms with van der Waals surface area (Å²) >= 11 is 0. The van der Waals surface area contributed by atoms with Crippen LogP contribution in [0.2, 0.25) is 0 Å². The van der Waals surface area contributed by atoms with Gasteiger partial charge in [-0.1, -0.05) is 6.07 Å². The van der Waals surface area contributed by atoms with Crippen molar-refractivity contribution in [1.29, 1.82) is 0 Å². The number of methoxy groups -OCH3 is 1. The first-order valence-corrected chi connectivity index (χ1v) is 8.59. The van der Waals surface area contributed by atoms with Gasteiger partial charge in [0.05, 0.1) is 7.11 Å². The van der Waals surface area contributed by atoms with E-state index < -0.39 is 17.4 Å². The van der Waals surface area contributed by atoms with Gasteiger partial charge < -0.3 is 13.9 Å². The van der Waals surface area contributed by atoms with Crippen molar-refractivity contribution >= 4 is 23.0 Å². The Balaban J connectivity index is 1.75. The Labute approximate surface area is 161 Å². The van der Waals surface area contributed by atoms with Crippen LogP contribution in [0.3, 0.4) is 0 Å². The third-order valence-corrected chi connectivity index (χ3v) is 4.40. The lowest BCUT2D eigenvalue weighted by Gasteiger charge is -2.08. The van der Waals surface area contributed by atoms with Crippen molar-refractivity contribution in [3.05, 3.63) is 81.0 Å². The number of carbonyl (C=O) groups is 1. The van der Waals surface area contributed by atoms with E-state index in [1.54, 1.807) is 12.1 Å². The molecule has 0 aliphatic rings. The van der Waals surface area contributed by atoms with Crippen molar-refractivity contribution in [2.75, 3.05) is 7.11 Å². The number of hydrogen-bond donors (Lipinski definition) is 0. The molecule has 1 heterocycles. The first kappa shape index (κ1) is 19.4. The van der Waals surface area contributed by atoms with Gasteiger partial charge in [0.25, 0.3) is 0 Å². The van der Waals surface area contributed by atoms with Crippen LogP contribution in [0.4, 0.5) is 4.39 Å². The van der Waals surface area contributed by atoms with Crippen molar-refractivity contribution in [3.63, 3.8) is 0 Å². The van der Waals surface area contributed by atoms with Crippen molar-refractivity contribution < 1.29 is 23.1 Å². The van der Waals surface area contributed by atoms with Crippen LogP contribution >= 0.6 is 0 Å². The standard InChI is InChI=1S/C22H19FO5/c1-13-8-17-16(11-22(25)28-20(17)9-14(13)2)12-27-21(24)7-5-15-4-6-19(26-3)18(23)10-15/h4-11H,12H2,1-3H3/b7-5+. The maximum absolute atomic E-state index is 13.7. The highest BCUT2D eigenvalue weighted by atomic mass is 19.1. The molecule has 1 aromatic heterocycles. The highest BCUT2D eigenvalue weighted by Gasteiger charge is 2.10. The zero-order chi connectivity index (χ0) is 20.3. The molecule has 0 aliphatic heterocycles. The second-order valence-corrected chi connectivity index (χ2v) is 6.36. The van der Waals surface area contributed by atoms with Gasteiger partial charge in [-0.05, 0) is 60.9 Å². The van der Waals surface area contributed by atoms with E-state index in [2.05, 4.69) is 0 Å². The molecule has 0 saturated heterocycles. The molecule has 0 amide bonds. The van der Waals surface area contributed by atoms with E-state index in [0.29, 0.717) is 16.7 Å². The molecule has 144 valence electrons. The first-order chi connectivity index (χ1) is 13.4. The Hall–Kier alpha value is -3.41. The number of fused-ring (bicyclic) bond motifs is 1. The lowest BCUT2D eigenvalue weighted by molar-refractivity contribution is -0.138. The molecular formula is C22H19FO5. The largest absolute Gasteiger partial charge is 0.494 e. The Morgan fingerprint density at radius 2 is 1.89 bits per heavy atom. The molecule has 0 atom stereocenters. The van der Waals surface area contributed by atoms with Crippen molar-refractivity contribution in [1.82, 2.24) is 0 Å². The fourth-order valence-electron chi connectivity index (χ4n) is 2.75. The Bertz CT molecular complexity index is 1130. The molecular weight excluding hydrogens is 363 g/mol. The second kappa shape index (κ2) is 8.08. The molecule has 3 rings (SSSR count). The number of hydrogen-bond acceptors (Lipinski definition) is 5. The van der Waals surface area contributed by atoms with Gasteiger partial charge >= 0.3 is 11.6 Å². The van der Waals surface area contributed by atoms with Crippen molar-refractivity contribution in [3.8, 4) is 5.75 Å². The van der Waals surface area contributed by atoms with E-state index in [9.17, 15) is 14.0 Å². The minimum Gasteiger partial charge on any atom is -0.494 e. The SMILES string of the molecule is COc1ccc(/C=C/C(=O)OCc2cc(=O)oc3cc(C)c(C)cc23)cc1F. The maximum Gasteiger partial charge on any atom is 0.336 e. The highest BCUT2D eigenvalue weighted by molar-refractivity contribution is 5.87. The maximum atomic E-state index is 13.7. The molecule has 0 unspecified atom stereocenters. The van der Waals surface area contributed by atoms with Gasteiger partial charge in [-0.3, -0.25) is 0 Å². The molecule has 0 spiro atoms. The number of aryl methyl sites for hydroxylation is 2. The summed E-state index contributed by atoms with van der Waals surface area (Å²) in [7, 11) is 1.38. The van der Waals surface area contributed by atoms with Crippen LogP contribution in [0.5, 0.6) is 5.75 Å². The van der Waals surface area contributed by atoms with Crippen molar-refractivity contribution in [2.24, 2.45) is 0 Å². The number of benzene rings is 2. The molecule has 0 aliphatic carbocycles. The zero-order valence-corrected chi connectivity index (χ0v) is 15.7. The van der Waals surface area contributed by atoms with Gasteiger partial charge in [-0.2, -0.15) is 0 Å². The molecule has 6 heteroatoms. The van der Waals surface area contributed by atoms with Crippen LogP contribution in [0.1, 0.15) is 22.3 Å². The highest BCUT2D eigenvalue weighted by Crippen LogP contribution is 2.22. The van der Waals surface area contributed by atoms with Gasteiger partial charge in [-0.25, -0.2) is 14.0 Å². The predicted molar refractivity (Wildman–Crippen MR) is 104 cm³/mol. The Morgan fingerprint density at radius 3 is 2.61 bits per heavy atom. The van der Waals surface area contributed by atoms with E-state index in [1.165, 1.54) is 37.5 Å². The smallest absolute Gasteiger partial charge is 0.336 e. The summed E-state index contributed by atoms with van der Waals surface area (Å²) in [5.74, 6) is -1.01. The number of rotatable bonds is 5. The summed E-state index contributed by atoms with van der Waals surface area (Å²) < 4.78 is 29.0. The van der Waals surface area contributed by atoms with Gasteiger partial charge in [0, 0.05) is 23.1 Å². The monoisotopic (exact) mass is 382 g/mol. The first-order valence-electron chi connectivity index (χ1n) is 8.59. The zero-order valence-electron chi connectivity index (χ0n) is 15.7. The fraction of sp³-hybridized carbons (Fsp3) is 0.182. The van der Waals surface area contributed by atoms with Gasteiger partial charge in [0.1, 0.15) is 12.2 Å². The van der Waals surface area contributed by atoms with E-state index in [4.69, 9.17) is 13.9 Å². The van der Waals surface area contributed by atoms with E-state index in [-0.39, 0.29) is 12.4 Å². The predicted octanol–water partition coefficient (Wildman–Crippen LogP) is 4.31. The summed E-state index contributed by atoms with van der Waals surface area (Å²) in [5, 5.41) is 0.719. The summed E-state index contributed by atoms with van der Waals surface area (Å²) in [6.07, 6.45) is 2.64. The third kappa shape index (κ3) is 4.28. The molecule has 0 bridgehead atoms. The molecule has 3 aromatic rings. The van der Waals surface area contributed by atoms with Crippen LogP contribution in [-0.4, -0.2) is 13.1 Å². The number of halogens is 1. The third-order valence-electron chi connectivity index (χ3n) is 4.40. The molecule has 0 saturated carbocycles. The van der Waals surface area contributed by atoms with E-state index >= 15 is 0 Å². The van der Waals surface area contributed by atoms with Gasteiger partial charge in [0.15, 0.2) is 11.6 Å². The van der Waals surface area contributed by atoms with E-state index in [1.807, 2.05) is 19.9 Å². The number of esters is 1. The van der Waals surface area contributed by atoms with E-state index in [0.717, 1.165) is 16.5 Å². The van der Waals surface area contributed by atoms with Crippen LogP contribution in [0, 0.1) is 19.7 Å². The number of ether oxygens (including phenoxy) is 2. The van der Waals surface area contributed by atoms with Crippen LogP contribution in [0.25, 0.3) is 17.0 Å². The molecule has 0 fully saturated rings. The lowest BCUT2D eigenvalue weighted by Crippen LogP contribution is -2.06. The Morgan fingerprint density at radius 1 is 1.14 bits per heavy atom. The average molecular weight is 382 g/mol. The molecule has 0 radical (unpaired) electrons. The van der Waals surface area contributed by atoms with Gasteiger partial charge in [0.2, 0.25) is 0 Å². The van der Waals surface area contributed by atoms with Crippen molar-refractivity contribution in [2.45, 2.75) is 20.5 Å². The van der Waals surface area contributed by atoms with Crippen LogP contribution in [-0.2, 0) is 16.1 Å². The summed E-state index contributed by atoms with van der Waals surface area (Å²) in [5.41, 5.74) is 3.03. The second-order valence-electron chi connectivity index (χ2n) is 6.36.